The highest BCUT2D eigenvalue weighted by Gasteiger charge is 2.21. The third-order valence-corrected chi connectivity index (χ3v) is 4.06. The van der Waals surface area contributed by atoms with Crippen molar-refractivity contribution in [2.75, 3.05) is 18.5 Å². The minimum absolute atomic E-state index is 0. The Hall–Kier alpha value is -2.36. The van der Waals surface area contributed by atoms with Crippen LogP contribution in [0.3, 0.4) is 0 Å². The summed E-state index contributed by atoms with van der Waals surface area (Å²) in [5.74, 6) is 1.60. The largest absolute Gasteiger partial charge is 0.493 e. The van der Waals surface area contributed by atoms with Gasteiger partial charge in [-0.3, -0.25) is 9.79 Å². The Bertz CT molecular complexity index is 812. The van der Waals surface area contributed by atoms with Gasteiger partial charge >= 0.3 is 0 Å². The van der Waals surface area contributed by atoms with Gasteiger partial charge in [0.15, 0.2) is 5.96 Å². The summed E-state index contributed by atoms with van der Waals surface area (Å²) in [6.07, 6.45) is 1.05. The summed E-state index contributed by atoms with van der Waals surface area (Å²) in [4.78, 5) is 20.5. The van der Waals surface area contributed by atoms with Crippen LogP contribution in [0.1, 0.15) is 30.1 Å². The lowest BCUT2D eigenvalue weighted by molar-refractivity contribution is -0.116. The summed E-state index contributed by atoms with van der Waals surface area (Å²) in [7, 11) is 0. The molecule has 3 rings (SSSR count). The minimum Gasteiger partial charge on any atom is -0.493 e. The van der Waals surface area contributed by atoms with Gasteiger partial charge in [0, 0.05) is 24.1 Å². The topological polar surface area (TPSA) is 102 Å². The van der Waals surface area contributed by atoms with Crippen LogP contribution in [0.15, 0.2) is 47.5 Å². The molecule has 1 aliphatic heterocycles. The van der Waals surface area contributed by atoms with Gasteiger partial charge < -0.3 is 21.1 Å². The molecular weight excluding hydrogens is 457 g/mol. The summed E-state index contributed by atoms with van der Waals surface area (Å²) in [5.41, 5.74) is 7.90. The zero-order valence-electron chi connectivity index (χ0n) is 15.1. The number of ether oxygens (including phenoxy) is 1. The molecule has 1 unspecified atom stereocenters. The monoisotopic (exact) mass is 481 g/mol. The first-order chi connectivity index (χ1) is 12.6. The zero-order chi connectivity index (χ0) is 18.4. The number of pyridine rings is 1. The molecule has 0 fully saturated rings. The molecule has 1 amide bonds. The molecule has 0 spiro atoms. The van der Waals surface area contributed by atoms with Gasteiger partial charge in [-0.2, -0.15) is 0 Å². The Labute approximate surface area is 175 Å². The van der Waals surface area contributed by atoms with Gasteiger partial charge in [0.2, 0.25) is 5.91 Å². The molecule has 1 aromatic heterocycles. The molecule has 8 heteroatoms. The normalized spacial score (nSPS) is 15.7. The van der Waals surface area contributed by atoms with Crippen molar-refractivity contribution in [3.8, 4) is 5.75 Å². The third kappa shape index (κ3) is 6.09. The quantitative estimate of drug-likeness (QED) is 0.347. The summed E-state index contributed by atoms with van der Waals surface area (Å²) in [6.45, 7) is 2.82. The van der Waals surface area contributed by atoms with E-state index in [1.54, 1.807) is 6.07 Å². The number of guanidine groups is 1. The van der Waals surface area contributed by atoms with Crippen LogP contribution in [-0.4, -0.2) is 30.0 Å². The first-order valence-electron chi connectivity index (χ1n) is 8.63. The molecule has 1 aliphatic rings. The zero-order valence-corrected chi connectivity index (χ0v) is 17.5. The highest BCUT2D eigenvalue weighted by Crippen LogP contribution is 2.31. The maximum atomic E-state index is 12.0. The number of hydrogen-bond donors (Lipinski definition) is 3. The van der Waals surface area contributed by atoms with Gasteiger partial charge in [-0.25, -0.2) is 4.98 Å². The summed E-state index contributed by atoms with van der Waals surface area (Å²) in [5, 5.41) is 5.96. The molecule has 1 aromatic carbocycles. The maximum absolute atomic E-state index is 12.0. The van der Waals surface area contributed by atoms with Gasteiger partial charge in [-0.05, 0) is 25.1 Å². The molecule has 4 N–H and O–H groups in total. The molecule has 144 valence electrons. The van der Waals surface area contributed by atoms with Crippen LogP contribution in [0, 0.1) is 6.92 Å². The van der Waals surface area contributed by atoms with E-state index in [9.17, 15) is 4.79 Å². The minimum atomic E-state index is -0.143. The molecule has 2 aromatic rings. The van der Waals surface area contributed by atoms with Gasteiger partial charge in [-0.15, -0.1) is 24.0 Å². The fourth-order valence-corrected chi connectivity index (χ4v) is 2.81. The molecule has 2 heterocycles. The SMILES string of the molecule is Cc1cccc(NC(=O)CCN=C(N)NC2CCOc3ccccc32)n1.I. The van der Waals surface area contributed by atoms with E-state index < -0.39 is 0 Å². The number of nitrogens with one attached hydrogen (secondary N) is 2. The molecule has 0 saturated heterocycles. The molecule has 0 saturated carbocycles. The standard InChI is InChI=1S/C19H23N5O2.HI/c1-13-5-4-8-17(22-13)24-18(25)9-11-21-19(20)23-15-10-12-26-16-7-3-2-6-14(15)16;/h2-8,15H,9-12H2,1H3,(H3,20,21,23)(H,22,24,25);1H. The number of nitrogens with zero attached hydrogens (tertiary/aromatic N) is 2. The van der Waals surface area contributed by atoms with Gasteiger partial charge in [0.25, 0.3) is 0 Å². The fourth-order valence-electron chi connectivity index (χ4n) is 2.81. The Balaban J connectivity index is 0.00000261. The van der Waals surface area contributed by atoms with E-state index in [1.165, 1.54) is 0 Å². The number of benzene rings is 1. The van der Waals surface area contributed by atoms with Crippen molar-refractivity contribution in [1.82, 2.24) is 10.3 Å². The number of fused-ring (bicyclic) bond motifs is 1. The Kier molecular flexibility index (Phi) is 7.83. The number of aromatic nitrogens is 1. The smallest absolute Gasteiger partial charge is 0.227 e. The number of carbonyl (C=O) groups excluding carboxylic acids is 1. The van der Waals surface area contributed by atoms with E-state index in [1.807, 2.05) is 43.3 Å². The van der Waals surface area contributed by atoms with Crippen molar-refractivity contribution in [2.45, 2.75) is 25.8 Å². The molecule has 7 nitrogen and oxygen atoms in total. The van der Waals surface area contributed by atoms with Crippen LogP contribution in [0.25, 0.3) is 0 Å². The van der Waals surface area contributed by atoms with Crippen molar-refractivity contribution in [2.24, 2.45) is 10.7 Å². The number of aliphatic imine (C=N–C) groups is 1. The molecule has 0 aliphatic carbocycles. The van der Waals surface area contributed by atoms with E-state index in [-0.39, 0.29) is 42.3 Å². The molecule has 1 atom stereocenters. The number of carbonyl (C=O) groups is 1. The lowest BCUT2D eigenvalue weighted by Crippen LogP contribution is -2.37. The van der Waals surface area contributed by atoms with Crippen LogP contribution < -0.4 is 21.1 Å². The number of aryl methyl sites for hydroxylation is 1. The van der Waals surface area contributed by atoms with Crippen molar-refractivity contribution in [3.63, 3.8) is 0 Å². The number of para-hydroxylation sites is 1. The van der Waals surface area contributed by atoms with E-state index in [4.69, 9.17) is 10.5 Å². The number of halogens is 1. The highest BCUT2D eigenvalue weighted by molar-refractivity contribution is 14.0. The van der Waals surface area contributed by atoms with Crippen molar-refractivity contribution >= 4 is 41.7 Å². The second-order valence-corrected chi connectivity index (χ2v) is 6.10. The lowest BCUT2D eigenvalue weighted by Gasteiger charge is -2.26. The van der Waals surface area contributed by atoms with E-state index >= 15 is 0 Å². The van der Waals surface area contributed by atoms with Gasteiger partial charge in [0.1, 0.15) is 11.6 Å². The van der Waals surface area contributed by atoms with Crippen molar-refractivity contribution < 1.29 is 9.53 Å². The molecule has 0 radical (unpaired) electrons. The number of rotatable bonds is 5. The van der Waals surface area contributed by atoms with E-state index in [2.05, 4.69) is 20.6 Å². The summed E-state index contributed by atoms with van der Waals surface area (Å²) < 4.78 is 5.63. The number of anilines is 1. The fraction of sp³-hybridized carbons (Fsp3) is 0.316. The maximum Gasteiger partial charge on any atom is 0.227 e. The van der Waals surface area contributed by atoms with Crippen LogP contribution in [0.4, 0.5) is 5.82 Å². The van der Waals surface area contributed by atoms with E-state index in [0.29, 0.717) is 24.9 Å². The van der Waals surface area contributed by atoms with Crippen LogP contribution in [0.5, 0.6) is 5.75 Å². The number of nitrogens with two attached hydrogens (primary N) is 1. The highest BCUT2D eigenvalue weighted by atomic mass is 127. The second kappa shape index (κ2) is 10.1. The average Bonchev–Trinajstić information content (AvgIpc) is 2.62. The number of amides is 1. The predicted molar refractivity (Wildman–Crippen MR) is 117 cm³/mol. The van der Waals surface area contributed by atoms with Crippen LogP contribution in [0.2, 0.25) is 0 Å². The van der Waals surface area contributed by atoms with Gasteiger partial charge in [-0.1, -0.05) is 24.3 Å². The Morgan fingerprint density at radius 2 is 2.11 bits per heavy atom. The Morgan fingerprint density at radius 3 is 2.93 bits per heavy atom. The summed E-state index contributed by atoms with van der Waals surface area (Å²) >= 11 is 0. The van der Waals surface area contributed by atoms with Gasteiger partial charge in [0.05, 0.1) is 19.2 Å². The van der Waals surface area contributed by atoms with Crippen LogP contribution >= 0.6 is 24.0 Å². The first-order valence-corrected chi connectivity index (χ1v) is 8.63. The van der Waals surface area contributed by atoms with E-state index in [0.717, 1.165) is 23.4 Å². The predicted octanol–water partition coefficient (Wildman–Crippen LogP) is 2.76. The lowest BCUT2D eigenvalue weighted by atomic mass is 10.0. The van der Waals surface area contributed by atoms with Crippen LogP contribution in [-0.2, 0) is 4.79 Å². The third-order valence-electron chi connectivity index (χ3n) is 4.06. The second-order valence-electron chi connectivity index (χ2n) is 6.10. The molecule has 27 heavy (non-hydrogen) atoms. The molecular formula is C19H24IN5O2. The average molecular weight is 481 g/mol. The van der Waals surface area contributed by atoms with Crippen molar-refractivity contribution in [1.29, 1.82) is 0 Å². The molecule has 0 bridgehead atoms. The van der Waals surface area contributed by atoms with Crippen molar-refractivity contribution in [3.05, 3.63) is 53.7 Å². The summed E-state index contributed by atoms with van der Waals surface area (Å²) in [6, 6.07) is 13.4. The Morgan fingerprint density at radius 1 is 1.30 bits per heavy atom. The number of hydrogen-bond acceptors (Lipinski definition) is 4. The first kappa shape index (κ1) is 20.9.